The molecule has 0 aromatic carbocycles. The highest BCUT2D eigenvalue weighted by Gasteiger charge is 2.33. The first-order valence-corrected chi connectivity index (χ1v) is 11.3. The summed E-state index contributed by atoms with van der Waals surface area (Å²) in [5.41, 5.74) is 0.126. The number of alkyl halides is 3. The molecule has 3 N–H and O–H groups in total. The Labute approximate surface area is 173 Å². The van der Waals surface area contributed by atoms with E-state index in [1.165, 1.54) is 24.2 Å². The van der Waals surface area contributed by atoms with Crippen molar-refractivity contribution in [2.45, 2.75) is 70.9 Å². The van der Waals surface area contributed by atoms with Crippen LogP contribution in [0.25, 0.3) is 0 Å². The lowest BCUT2D eigenvalue weighted by molar-refractivity contribution is -0.148. The Balaban J connectivity index is 1.75. The monoisotopic (exact) mass is 420 g/mol. The van der Waals surface area contributed by atoms with Gasteiger partial charge in [0.25, 0.3) is 0 Å². The standard InChI is InChI=1S/C21H39F3N4O/c1-2-25-19(27-16-20(11-15-29)9-4-3-5-10-20)26-12-6-18-7-13-28(14-8-18)17-21(22,23)24/h18,29H,2-17H2,1H3,(H2,25,26,27). The van der Waals surface area contributed by atoms with Gasteiger partial charge in [-0.1, -0.05) is 19.3 Å². The number of hydrogen-bond donors (Lipinski definition) is 3. The third-order valence-electron chi connectivity index (χ3n) is 6.43. The first-order chi connectivity index (χ1) is 13.9. The van der Waals surface area contributed by atoms with Crippen molar-refractivity contribution in [2.24, 2.45) is 16.3 Å². The lowest BCUT2D eigenvalue weighted by atomic mass is 9.72. The largest absolute Gasteiger partial charge is 0.401 e. The number of guanidine groups is 1. The van der Waals surface area contributed by atoms with Gasteiger partial charge in [0.05, 0.1) is 6.54 Å². The second-order valence-corrected chi connectivity index (χ2v) is 8.78. The van der Waals surface area contributed by atoms with Crippen LogP contribution in [0.3, 0.4) is 0 Å². The van der Waals surface area contributed by atoms with Gasteiger partial charge in [-0.25, -0.2) is 0 Å². The summed E-state index contributed by atoms with van der Waals surface area (Å²) >= 11 is 0. The molecule has 2 fully saturated rings. The van der Waals surface area contributed by atoms with Crippen molar-refractivity contribution in [3.05, 3.63) is 0 Å². The Hall–Kier alpha value is -1.02. The molecule has 0 aromatic heterocycles. The summed E-state index contributed by atoms with van der Waals surface area (Å²) in [6, 6.07) is 0. The first kappa shape index (κ1) is 24.3. The van der Waals surface area contributed by atoms with Crippen molar-refractivity contribution in [2.75, 3.05) is 45.9 Å². The van der Waals surface area contributed by atoms with Crippen LogP contribution < -0.4 is 10.6 Å². The number of aliphatic hydroxyl groups excluding tert-OH is 1. The summed E-state index contributed by atoms with van der Waals surface area (Å²) in [6.45, 7) is 4.83. The van der Waals surface area contributed by atoms with Crippen LogP contribution in [0.2, 0.25) is 0 Å². The van der Waals surface area contributed by atoms with Crippen molar-refractivity contribution in [3.63, 3.8) is 0 Å². The van der Waals surface area contributed by atoms with Crippen LogP contribution in [0.4, 0.5) is 13.2 Å². The van der Waals surface area contributed by atoms with E-state index in [0.29, 0.717) is 19.0 Å². The van der Waals surface area contributed by atoms with E-state index in [9.17, 15) is 18.3 Å². The molecule has 1 saturated heterocycles. The number of likely N-dealkylation sites (tertiary alicyclic amines) is 1. The molecule has 2 aliphatic rings. The molecular formula is C21H39F3N4O. The number of aliphatic imine (C=N–C) groups is 1. The maximum Gasteiger partial charge on any atom is 0.401 e. The molecule has 1 heterocycles. The highest BCUT2D eigenvalue weighted by Crippen LogP contribution is 2.39. The number of piperidine rings is 1. The van der Waals surface area contributed by atoms with Crippen molar-refractivity contribution < 1.29 is 18.3 Å². The molecule has 1 saturated carbocycles. The molecular weight excluding hydrogens is 381 g/mol. The molecule has 0 atom stereocenters. The number of nitrogens with zero attached hydrogens (tertiary/aromatic N) is 2. The van der Waals surface area contributed by atoms with E-state index in [4.69, 9.17) is 4.99 Å². The predicted octanol–water partition coefficient (Wildman–Crippen LogP) is 3.54. The topological polar surface area (TPSA) is 59.9 Å². The highest BCUT2D eigenvalue weighted by molar-refractivity contribution is 5.79. The van der Waals surface area contributed by atoms with Gasteiger partial charge in [0.1, 0.15) is 0 Å². The molecule has 8 heteroatoms. The third kappa shape index (κ3) is 9.11. The lowest BCUT2D eigenvalue weighted by Gasteiger charge is -2.36. The van der Waals surface area contributed by atoms with Gasteiger partial charge < -0.3 is 15.7 Å². The number of hydrogen-bond acceptors (Lipinski definition) is 3. The predicted molar refractivity (Wildman–Crippen MR) is 111 cm³/mol. The van der Waals surface area contributed by atoms with Gasteiger partial charge >= 0.3 is 6.18 Å². The second kappa shape index (κ2) is 12.0. The van der Waals surface area contributed by atoms with E-state index in [-0.39, 0.29) is 12.0 Å². The molecule has 0 unspecified atom stereocenters. The summed E-state index contributed by atoms with van der Waals surface area (Å²) in [7, 11) is 0. The lowest BCUT2D eigenvalue weighted by Crippen LogP contribution is -2.42. The molecule has 1 aliphatic heterocycles. The van der Waals surface area contributed by atoms with Crippen molar-refractivity contribution >= 4 is 5.96 Å². The van der Waals surface area contributed by atoms with Crippen molar-refractivity contribution in [1.82, 2.24) is 15.5 Å². The van der Waals surface area contributed by atoms with Gasteiger partial charge in [-0.3, -0.25) is 9.89 Å². The fraction of sp³-hybridized carbons (Fsp3) is 0.952. The van der Waals surface area contributed by atoms with Crippen molar-refractivity contribution in [3.8, 4) is 0 Å². The molecule has 1 aliphatic carbocycles. The summed E-state index contributed by atoms with van der Waals surface area (Å²) < 4.78 is 37.5. The van der Waals surface area contributed by atoms with E-state index >= 15 is 0 Å². The van der Waals surface area contributed by atoms with E-state index in [1.54, 1.807) is 0 Å². The van der Waals surface area contributed by atoms with Crippen molar-refractivity contribution in [1.29, 1.82) is 0 Å². The quantitative estimate of drug-likeness (QED) is 0.394. The Morgan fingerprint density at radius 3 is 2.41 bits per heavy atom. The molecule has 2 rings (SSSR count). The minimum absolute atomic E-state index is 0.126. The zero-order valence-corrected chi connectivity index (χ0v) is 17.9. The number of aliphatic hydroxyl groups is 1. The summed E-state index contributed by atoms with van der Waals surface area (Å²) in [6.07, 6.45) is 5.28. The van der Waals surface area contributed by atoms with Gasteiger partial charge in [0.2, 0.25) is 0 Å². The van der Waals surface area contributed by atoms with Gasteiger partial charge in [0, 0.05) is 26.2 Å². The molecule has 29 heavy (non-hydrogen) atoms. The van der Waals surface area contributed by atoms with Gasteiger partial charge in [-0.15, -0.1) is 0 Å². The van der Waals surface area contributed by atoms with Crippen LogP contribution in [0.15, 0.2) is 4.99 Å². The Morgan fingerprint density at radius 2 is 1.83 bits per heavy atom. The first-order valence-electron chi connectivity index (χ1n) is 11.3. The minimum Gasteiger partial charge on any atom is -0.396 e. The van der Waals surface area contributed by atoms with Crippen LogP contribution in [0.5, 0.6) is 0 Å². The zero-order valence-electron chi connectivity index (χ0n) is 17.9. The highest BCUT2D eigenvalue weighted by atomic mass is 19.4. The smallest absolute Gasteiger partial charge is 0.396 e. The maximum absolute atomic E-state index is 12.5. The SMILES string of the molecule is CCNC(=NCC1(CCO)CCCCC1)NCCC1CCN(CC(F)(F)F)CC1. The van der Waals surface area contributed by atoms with E-state index in [1.807, 2.05) is 6.92 Å². The number of nitrogens with one attached hydrogen (secondary N) is 2. The zero-order chi connectivity index (χ0) is 21.2. The van der Waals surface area contributed by atoms with Crippen LogP contribution in [0.1, 0.15) is 64.7 Å². The van der Waals surface area contributed by atoms with E-state index < -0.39 is 12.7 Å². The van der Waals surface area contributed by atoms with Crippen LogP contribution in [-0.4, -0.2) is 68.0 Å². The normalized spacial score (nSPS) is 21.9. The molecule has 0 bridgehead atoms. The molecule has 170 valence electrons. The molecule has 0 spiro atoms. The maximum atomic E-state index is 12.5. The summed E-state index contributed by atoms with van der Waals surface area (Å²) in [4.78, 5) is 6.33. The minimum atomic E-state index is -4.10. The summed E-state index contributed by atoms with van der Waals surface area (Å²) in [5, 5.41) is 16.2. The molecule has 5 nitrogen and oxygen atoms in total. The van der Waals surface area contributed by atoms with Gasteiger partial charge in [0.15, 0.2) is 5.96 Å². The van der Waals surface area contributed by atoms with Crippen LogP contribution >= 0.6 is 0 Å². The Morgan fingerprint density at radius 1 is 1.14 bits per heavy atom. The average molecular weight is 421 g/mol. The Bertz CT molecular complexity index is 479. The third-order valence-corrected chi connectivity index (χ3v) is 6.43. The second-order valence-electron chi connectivity index (χ2n) is 8.78. The number of halogens is 3. The average Bonchev–Trinajstić information content (AvgIpc) is 2.67. The fourth-order valence-corrected chi connectivity index (χ4v) is 4.70. The van der Waals surface area contributed by atoms with Crippen LogP contribution in [0, 0.1) is 11.3 Å². The molecule has 0 aromatic rings. The van der Waals surface area contributed by atoms with Gasteiger partial charge in [-0.05, 0) is 69.9 Å². The van der Waals surface area contributed by atoms with E-state index in [0.717, 1.165) is 64.1 Å². The van der Waals surface area contributed by atoms with E-state index in [2.05, 4.69) is 10.6 Å². The summed E-state index contributed by atoms with van der Waals surface area (Å²) in [5.74, 6) is 1.28. The fourth-order valence-electron chi connectivity index (χ4n) is 4.70. The van der Waals surface area contributed by atoms with Crippen LogP contribution in [-0.2, 0) is 0 Å². The number of rotatable bonds is 9. The Kier molecular flexibility index (Phi) is 10.0. The van der Waals surface area contributed by atoms with Gasteiger partial charge in [-0.2, -0.15) is 13.2 Å². The molecule has 0 amide bonds. The molecule has 0 radical (unpaired) electrons.